The molecule has 37 heavy (non-hydrogen) atoms. The summed E-state index contributed by atoms with van der Waals surface area (Å²) in [4.78, 5) is 28.7. The number of aromatic hydroxyl groups is 1. The van der Waals surface area contributed by atoms with Crippen LogP contribution < -0.4 is 20.1 Å². The average molecular weight is 516 g/mol. The molecule has 4 N–H and O–H groups in total. The van der Waals surface area contributed by atoms with Gasteiger partial charge in [-0.2, -0.15) is 5.10 Å². The maximum atomic E-state index is 12.5. The molecule has 2 aromatic rings. The van der Waals surface area contributed by atoms with Crippen LogP contribution in [0.15, 0.2) is 23.2 Å². The molecule has 1 fully saturated rings. The van der Waals surface area contributed by atoms with E-state index in [0.29, 0.717) is 36.0 Å². The molecule has 202 valence electrons. The quantitative estimate of drug-likeness (QED) is 0.331. The van der Waals surface area contributed by atoms with Crippen LogP contribution in [0.25, 0.3) is 0 Å². The second kappa shape index (κ2) is 13.0. The Morgan fingerprint density at radius 1 is 1.24 bits per heavy atom. The van der Waals surface area contributed by atoms with E-state index in [1.807, 2.05) is 27.7 Å². The molecule has 1 heterocycles. The number of hydrogen-bond donors (Lipinski definition) is 4. The molecule has 0 bridgehead atoms. The van der Waals surface area contributed by atoms with Crippen molar-refractivity contribution >= 4 is 24.0 Å². The molecular formula is C26H37N5O6. The maximum absolute atomic E-state index is 12.5. The number of carbonyl (C=O) groups is 2. The van der Waals surface area contributed by atoms with Gasteiger partial charge in [-0.15, -0.1) is 0 Å². The molecule has 0 unspecified atom stereocenters. The van der Waals surface area contributed by atoms with Crippen LogP contribution in [0.3, 0.4) is 0 Å². The number of anilines is 1. The van der Waals surface area contributed by atoms with E-state index >= 15 is 0 Å². The fourth-order valence-electron chi connectivity index (χ4n) is 3.99. The summed E-state index contributed by atoms with van der Waals surface area (Å²) in [6.07, 6.45) is 3.27. The number of phenols is 1. The number of ether oxygens (including phenoxy) is 3. The lowest BCUT2D eigenvalue weighted by Crippen LogP contribution is -2.33. The van der Waals surface area contributed by atoms with Crippen LogP contribution in [0, 0.1) is 5.92 Å². The van der Waals surface area contributed by atoms with Gasteiger partial charge in [0.2, 0.25) is 0 Å². The molecule has 1 saturated carbocycles. The third kappa shape index (κ3) is 8.40. The van der Waals surface area contributed by atoms with Gasteiger partial charge < -0.3 is 30.0 Å². The fraction of sp³-hybridized carbons (Fsp3) is 0.538. The van der Waals surface area contributed by atoms with Gasteiger partial charge in [-0.3, -0.25) is 14.9 Å². The van der Waals surface area contributed by atoms with Gasteiger partial charge in [-0.25, -0.2) is 4.79 Å². The van der Waals surface area contributed by atoms with E-state index in [1.54, 1.807) is 12.1 Å². The number of alkyl carbamates (subject to hydrolysis) is 1. The molecule has 0 saturated heterocycles. The molecular weight excluding hydrogens is 478 g/mol. The number of amides is 2. The summed E-state index contributed by atoms with van der Waals surface area (Å²) in [5, 5.41) is 23.0. The number of aromatic amines is 1. The third-order valence-electron chi connectivity index (χ3n) is 5.75. The minimum absolute atomic E-state index is 0.0201. The number of aromatic nitrogens is 2. The van der Waals surface area contributed by atoms with E-state index in [9.17, 15) is 14.7 Å². The van der Waals surface area contributed by atoms with Crippen molar-refractivity contribution in [2.45, 2.75) is 65.0 Å². The van der Waals surface area contributed by atoms with E-state index in [0.717, 1.165) is 18.5 Å². The van der Waals surface area contributed by atoms with Crippen molar-refractivity contribution in [3.05, 3.63) is 29.5 Å². The Kier molecular flexibility index (Phi) is 9.76. The van der Waals surface area contributed by atoms with E-state index in [1.165, 1.54) is 19.4 Å². The normalized spacial score (nSPS) is 17.4. The number of nitrogens with one attached hydrogen (secondary N) is 3. The summed E-state index contributed by atoms with van der Waals surface area (Å²) in [5.74, 6) is 1.09. The van der Waals surface area contributed by atoms with Crippen LogP contribution in [0.2, 0.25) is 0 Å². The second-order valence-corrected chi connectivity index (χ2v) is 9.83. The van der Waals surface area contributed by atoms with Crippen molar-refractivity contribution in [2.75, 3.05) is 25.6 Å². The Labute approximate surface area is 217 Å². The predicted octanol–water partition coefficient (Wildman–Crippen LogP) is 3.99. The van der Waals surface area contributed by atoms with Crippen LogP contribution in [0.5, 0.6) is 17.2 Å². The van der Waals surface area contributed by atoms with Gasteiger partial charge in [0.25, 0.3) is 5.91 Å². The highest BCUT2D eigenvalue weighted by atomic mass is 16.6. The summed E-state index contributed by atoms with van der Waals surface area (Å²) in [5.41, 5.74) is 1.24. The van der Waals surface area contributed by atoms with Gasteiger partial charge in [-0.05, 0) is 39.0 Å². The highest BCUT2D eigenvalue weighted by Crippen LogP contribution is 2.36. The number of aliphatic imine (C=N–C) groups is 1. The largest absolute Gasteiger partial charge is 0.507 e. The third-order valence-corrected chi connectivity index (χ3v) is 5.75. The number of H-pyrrole nitrogens is 1. The molecule has 0 spiro atoms. The highest BCUT2D eigenvalue weighted by Gasteiger charge is 2.30. The lowest BCUT2D eigenvalue weighted by Gasteiger charge is -2.14. The van der Waals surface area contributed by atoms with Crippen LogP contribution in [0.4, 0.5) is 10.6 Å². The van der Waals surface area contributed by atoms with Crippen LogP contribution in [-0.4, -0.2) is 65.9 Å². The molecule has 2 amide bonds. The van der Waals surface area contributed by atoms with Crippen molar-refractivity contribution in [3.63, 3.8) is 0 Å². The molecule has 1 aliphatic rings. The van der Waals surface area contributed by atoms with Crippen LogP contribution >= 0.6 is 0 Å². The first-order valence-electron chi connectivity index (χ1n) is 12.5. The van der Waals surface area contributed by atoms with Crippen LogP contribution in [0.1, 0.15) is 64.1 Å². The monoisotopic (exact) mass is 515 g/mol. The summed E-state index contributed by atoms with van der Waals surface area (Å²) in [6, 6.07) is 4.85. The summed E-state index contributed by atoms with van der Waals surface area (Å²) >= 11 is 0. The van der Waals surface area contributed by atoms with Gasteiger partial charge in [0.15, 0.2) is 12.4 Å². The molecule has 3 rings (SSSR count). The molecule has 1 aromatic carbocycles. The lowest BCUT2D eigenvalue weighted by atomic mass is 10.0. The van der Waals surface area contributed by atoms with E-state index in [-0.39, 0.29) is 36.2 Å². The number of benzene rings is 1. The second-order valence-electron chi connectivity index (χ2n) is 9.83. The molecule has 1 aromatic heterocycles. The Morgan fingerprint density at radius 3 is 2.73 bits per heavy atom. The van der Waals surface area contributed by atoms with Crippen molar-refractivity contribution in [1.82, 2.24) is 15.5 Å². The van der Waals surface area contributed by atoms with Crippen molar-refractivity contribution in [3.8, 4) is 17.2 Å². The first-order valence-corrected chi connectivity index (χ1v) is 12.5. The zero-order valence-electron chi connectivity index (χ0n) is 22.0. The standard InChI is InChI=1S/C26H37N5O6/c1-15(2)12-27-13-20-22(32)9-19(35-5)10-23(20)36-14-25(33)29-24-11-21(30-31-24)17-6-7-18(8-17)37-26(34)28-16(3)4/h9-11,13,15-18,32H,6-8,12,14H2,1-5H3,(H,28,34)(H2,29,30,31,33)/t17-,18+/m0/s1. The van der Waals surface area contributed by atoms with Crippen molar-refractivity contribution in [2.24, 2.45) is 10.9 Å². The fourth-order valence-corrected chi connectivity index (χ4v) is 3.99. The predicted molar refractivity (Wildman–Crippen MR) is 140 cm³/mol. The average Bonchev–Trinajstić information content (AvgIpc) is 3.47. The Hall–Kier alpha value is -3.76. The topological polar surface area (TPSA) is 147 Å². The van der Waals surface area contributed by atoms with Crippen LogP contribution in [-0.2, 0) is 9.53 Å². The minimum atomic E-state index is -0.414. The van der Waals surface area contributed by atoms with E-state index in [2.05, 4.69) is 25.8 Å². The van der Waals surface area contributed by atoms with E-state index in [4.69, 9.17) is 14.2 Å². The van der Waals surface area contributed by atoms with Gasteiger partial charge in [0.1, 0.15) is 23.4 Å². The lowest BCUT2D eigenvalue weighted by molar-refractivity contribution is -0.118. The number of methoxy groups -OCH3 is 1. The van der Waals surface area contributed by atoms with Crippen molar-refractivity contribution < 1.29 is 28.9 Å². The molecule has 11 heteroatoms. The minimum Gasteiger partial charge on any atom is -0.507 e. The first-order chi connectivity index (χ1) is 17.6. The molecule has 0 aliphatic heterocycles. The number of nitrogens with zero attached hydrogens (tertiary/aromatic N) is 2. The van der Waals surface area contributed by atoms with E-state index < -0.39 is 12.0 Å². The number of rotatable bonds is 11. The number of carbonyl (C=O) groups excluding carboxylic acids is 2. The Morgan fingerprint density at radius 2 is 2.03 bits per heavy atom. The summed E-state index contributed by atoms with van der Waals surface area (Å²) in [6.45, 7) is 8.13. The maximum Gasteiger partial charge on any atom is 0.407 e. The first kappa shape index (κ1) is 27.8. The summed E-state index contributed by atoms with van der Waals surface area (Å²) in [7, 11) is 1.48. The highest BCUT2D eigenvalue weighted by molar-refractivity contribution is 5.92. The Balaban J connectivity index is 1.56. The summed E-state index contributed by atoms with van der Waals surface area (Å²) < 4.78 is 16.4. The molecule has 2 atom stereocenters. The SMILES string of the molecule is COc1cc(O)c(C=NCC(C)C)c(OCC(=O)Nc2cc([C@H]3CC[C@@H](OC(=O)NC(C)C)C3)[nH]n2)c1. The smallest absolute Gasteiger partial charge is 0.407 e. The zero-order valence-corrected chi connectivity index (χ0v) is 22.0. The molecule has 0 radical (unpaired) electrons. The molecule has 11 nitrogen and oxygen atoms in total. The number of phenolic OH excluding ortho intramolecular Hbond substituents is 1. The van der Waals surface area contributed by atoms with Gasteiger partial charge in [0.05, 0.1) is 12.7 Å². The Bertz CT molecular complexity index is 1100. The zero-order chi connectivity index (χ0) is 26.9. The van der Waals surface area contributed by atoms with Gasteiger partial charge in [-0.1, -0.05) is 13.8 Å². The van der Waals surface area contributed by atoms with Gasteiger partial charge in [0, 0.05) is 48.6 Å². The van der Waals surface area contributed by atoms with Gasteiger partial charge >= 0.3 is 6.09 Å². The van der Waals surface area contributed by atoms with Crippen molar-refractivity contribution in [1.29, 1.82) is 0 Å². The number of hydrogen-bond acceptors (Lipinski definition) is 8. The molecule has 1 aliphatic carbocycles.